The zero-order valence-electron chi connectivity index (χ0n) is 14.1. The molecule has 0 saturated carbocycles. The lowest BCUT2D eigenvalue weighted by atomic mass is 10.1. The Kier molecular flexibility index (Phi) is 0.807. The summed E-state index contributed by atoms with van der Waals surface area (Å²) in [6, 6.07) is -1.12. The topological polar surface area (TPSA) is 0 Å². The Balaban J connectivity index is 2.49. The number of benzene rings is 2. The normalized spacial score (nSPS) is 19.4. The first kappa shape index (κ1) is 3.82. The number of fused-ring (bicyclic) bond motifs is 3. The van der Waals surface area contributed by atoms with Crippen molar-refractivity contribution in [2.75, 3.05) is 0 Å². The number of hydrogen-bond acceptors (Lipinski definition) is 0. The summed E-state index contributed by atoms with van der Waals surface area (Å²) in [5, 5.41) is 0. The van der Waals surface area contributed by atoms with E-state index in [-0.39, 0.29) is 58.8 Å². The van der Waals surface area contributed by atoms with Crippen molar-refractivity contribution in [3.05, 3.63) is 57.9 Å². The van der Waals surface area contributed by atoms with Gasteiger partial charge in [0.1, 0.15) is 0 Å². The first-order valence-corrected chi connectivity index (χ1v) is 4.94. The van der Waals surface area contributed by atoms with Crippen LogP contribution in [-0.2, 0) is 6.42 Å². The maximum Gasteiger partial charge on any atom is 0.0641 e. The van der Waals surface area contributed by atoms with Gasteiger partial charge in [0.05, 0.1) is 9.60 Å². The van der Waals surface area contributed by atoms with Gasteiger partial charge in [0.15, 0.2) is 0 Å². The number of rotatable bonds is 0. The fourth-order valence-corrected chi connectivity index (χ4v) is 1.91. The fourth-order valence-electron chi connectivity index (χ4n) is 1.62. The zero-order valence-corrected chi connectivity index (χ0v) is 8.67. The molecule has 0 bridgehead atoms. The largest absolute Gasteiger partial charge is 0.0641 e. The Bertz CT molecular complexity index is 746. The summed E-state index contributed by atoms with van der Waals surface area (Å²) in [5.74, 6) is 0. The molecule has 0 saturated heterocycles. The van der Waals surface area contributed by atoms with Crippen LogP contribution in [0.2, 0.25) is 0 Å². The minimum absolute atomic E-state index is 0.00483. The van der Waals surface area contributed by atoms with Gasteiger partial charge in [-0.3, -0.25) is 0 Å². The predicted molar refractivity (Wildman–Crippen MR) is 62.4 cm³/mol. The summed E-state index contributed by atoms with van der Waals surface area (Å²) in [5.41, 5.74) is 1.45. The van der Waals surface area contributed by atoms with E-state index in [1.807, 2.05) is 0 Å². The molecule has 0 unspecified atom stereocenters. The molecule has 0 N–H and O–H groups in total. The second kappa shape index (κ2) is 2.96. The van der Waals surface area contributed by atoms with Crippen molar-refractivity contribution in [1.29, 1.82) is 0 Å². The molecule has 0 aromatic heterocycles. The van der Waals surface area contributed by atoms with Crippen molar-refractivity contribution in [2.45, 2.75) is 6.42 Å². The summed E-state index contributed by atoms with van der Waals surface area (Å²) in [7, 11) is 0. The predicted octanol–water partition coefficient (Wildman–Crippen LogP) is 4.02. The van der Waals surface area contributed by atoms with Crippen LogP contribution >= 0.6 is 15.9 Å². The highest BCUT2D eigenvalue weighted by Gasteiger charge is 2.16. The van der Waals surface area contributed by atoms with Crippen LogP contribution in [0.4, 0.5) is 0 Å². The van der Waals surface area contributed by atoms with Crippen LogP contribution in [0.1, 0.15) is 20.7 Å². The third-order valence-electron chi connectivity index (χ3n) is 2.23. The van der Waals surface area contributed by atoms with E-state index in [1.54, 1.807) is 0 Å². The molecule has 1 aliphatic carbocycles. The first-order valence-electron chi connectivity index (χ1n) is 7.65. The van der Waals surface area contributed by atoms with Crippen molar-refractivity contribution in [2.24, 2.45) is 0 Å². The Labute approximate surface area is 102 Å². The van der Waals surface area contributed by atoms with Crippen LogP contribution in [0.25, 0.3) is 11.1 Å². The van der Waals surface area contributed by atoms with E-state index in [9.17, 15) is 0 Å². The Morgan fingerprint density at radius 3 is 2.71 bits per heavy atom. The molecule has 3 rings (SSSR count). The van der Waals surface area contributed by atoms with Crippen LogP contribution in [0.15, 0.2) is 46.8 Å². The Morgan fingerprint density at radius 2 is 1.79 bits per heavy atom. The summed E-state index contributed by atoms with van der Waals surface area (Å²) in [6.45, 7) is 0. The molecule has 1 aliphatic rings. The maximum atomic E-state index is 8.13. The van der Waals surface area contributed by atoms with E-state index in [1.165, 1.54) is 0 Å². The number of halogens is 1. The molecular weight excluding hydrogens is 236 g/mol. The molecule has 0 amide bonds. The molecule has 1 heteroatoms. The van der Waals surface area contributed by atoms with E-state index < -0.39 is 0 Å². The third-order valence-corrected chi connectivity index (χ3v) is 2.62. The van der Waals surface area contributed by atoms with Crippen LogP contribution in [0.5, 0.6) is 0 Å². The molecule has 0 atom stereocenters. The van der Waals surface area contributed by atoms with E-state index in [0.29, 0.717) is 16.7 Å². The second-order valence-electron chi connectivity index (χ2n) is 3.07. The monoisotopic (exact) mass is 251 g/mol. The molecule has 0 radical (unpaired) electrons. The molecule has 14 heavy (non-hydrogen) atoms. The van der Waals surface area contributed by atoms with Crippen molar-refractivity contribution in [3.63, 3.8) is 0 Å². The van der Waals surface area contributed by atoms with Gasteiger partial charge >= 0.3 is 0 Å². The molecule has 68 valence electrons. The zero-order chi connectivity index (χ0) is 15.6. The maximum absolute atomic E-state index is 8.13. The second-order valence-corrected chi connectivity index (χ2v) is 3.87. The van der Waals surface area contributed by atoms with E-state index in [0.717, 1.165) is 0 Å². The molecule has 0 nitrogen and oxygen atoms in total. The molecule has 2 aromatic rings. The highest BCUT2D eigenvalue weighted by Crippen LogP contribution is 2.37. The van der Waals surface area contributed by atoms with Crippen molar-refractivity contribution in [3.8, 4) is 11.1 Å². The van der Waals surface area contributed by atoms with Crippen molar-refractivity contribution >= 4 is 15.9 Å². The average Bonchev–Trinajstić information content (AvgIpc) is 2.87. The van der Waals surface area contributed by atoms with E-state index >= 15 is 0 Å². The highest BCUT2D eigenvalue weighted by molar-refractivity contribution is 9.10. The lowest BCUT2D eigenvalue weighted by molar-refractivity contribution is 1.26. The van der Waals surface area contributed by atoms with Gasteiger partial charge in [0.25, 0.3) is 0 Å². The van der Waals surface area contributed by atoms with Crippen LogP contribution < -0.4 is 0 Å². The number of hydrogen-bond donors (Lipinski definition) is 0. The van der Waals surface area contributed by atoms with Crippen molar-refractivity contribution in [1.82, 2.24) is 0 Å². The minimum Gasteiger partial charge on any atom is -0.0619 e. The first-order chi connectivity index (χ1) is 9.77. The molecule has 0 spiro atoms. The van der Waals surface area contributed by atoms with Crippen LogP contribution in [-0.4, -0.2) is 0 Å². The standard InChI is InChI=1S/C13H9Br/c14-11-6-5-10-7-9-3-1-2-4-12(9)13(10)8-11/h1-6,8H,7H2/i1D,2D,3D,4D,5D,6D,8D. The smallest absolute Gasteiger partial charge is 0.0619 e. The summed E-state index contributed by atoms with van der Waals surface area (Å²) < 4.78 is 55.6. The van der Waals surface area contributed by atoms with Gasteiger partial charge in [0, 0.05) is 4.47 Å². The van der Waals surface area contributed by atoms with Gasteiger partial charge in [-0.05, 0) is 40.8 Å². The van der Waals surface area contributed by atoms with Crippen LogP contribution in [0.3, 0.4) is 0 Å². The lowest BCUT2D eigenvalue weighted by Crippen LogP contribution is -1.78. The third kappa shape index (κ3) is 1.12. The minimum atomic E-state index is -0.344. The molecule has 0 aliphatic heterocycles. The summed E-state index contributed by atoms with van der Waals surface area (Å²) >= 11 is 3.12. The van der Waals surface area contributed by atoms with Gasteiger partial charge in [-0.15, -0.1) is 0 Å². The van der Waals surface area contributed by atoms with Gasteiger partial charge in [-0.1, -0.05) is 46.1 Å². The molecule has 0 fully saturated rings. The highest BCUT2D eigenvalue weighted by atomic mass is 79.9. The Morgan fingerprint density at radius 1 is 1.00 bits per heavy atom. The Hall–Kier alpha value is -1.08. The van der Waals surface area contributed by atoms with Gasteiger partial charge < -0.3 is 0 Å². The molecule has 0 heterocycles. The summed E-state index contributed by atoms with van der Waals surface area (Å²) in [4.78, 5) is 0. The van der Waals surface area contributed by atoms with Crippen molar-refractivity contribution < 1.29 is 9.60 Å². The van der Waals surface area contributed by atoms with E-state index in [2.05, 4.69) is 15.9 Å². The van der Waals surface area contributed by atoms with E-state index in [4.69, 9.17) is 9.60 Å². The van der Waals surface area contributed by atoms with Gasteiger partial charge in [-0.25, -0.2) is 0 Å². The summed E-state index contributed by atoms with van der Waals surface area (Å²) in [6.07, 6.45) is 0.158. The lowest BCUT2D eigenvalue weighted by Gasteiger charge is -2.00. The average molecular weight is 252 g/mol. The van der Waals surface area contributed by atoms with Gasteiger partial charge in [0.2, 0.25) is 0 Å². The fraction of sp³-hybridized carbons (Fsp3) is 0.0769. The van der Waals surface area contributed by atoms with Gasteiger partial charge in [-0.2, -0.15) is 0 Å². The molecular formula is C13H9Br. The van der Waals surface area contributed by atoms with Crippen LogP contribution in [0, 0.1) is 0 Å². The quantitative estimate of drug-likeness (QED) is 0.566. The SMILES string of the molecule is [2H]c1c([2H])c([2H])c2c(c1[2H])Cc1c([2H])c([2H])c(Br)c([2H])c1-2. The molecule has 2 aromatic carbocycles.